The normalized spacial score (nSPS) is 21.2. The summed E-state index contributed by atoms with van der Waals surface area (Å²) in [6, 6.07) is 4.38. The number of nitrogens with one attached hydrogen (secondary N) is 1. The van der Waals surface area contributed by atoms with Gasteiger partial charge in [0.1, 0.15) is 0 Å². The maximum Gasteiger partial charge on any atom is 0.0503 e. The molecular weight excluding hydrogens is 184 g/mol. The minimum Gasteiger partial charge on any atom is -0.398 e. The molecule has 1 atom stereocenters. The number of nitrogen functional groups attached to an aromatic ring is 1. The van der Waals surface area contributed by atoms with E-state index in [1.54, 1.807) is 0 Å². The molecule has 2 nitrogen and oxygen atoms in total. The smallest absolute Gasteiger partial charge is 0.0503 e. The van der Waals surface area contributed by atoms with E-state index >= 15 is 0 Å². The highest BCUT2D eigenvalue weighted by molar-refractivity contribution is 6.32. The highest BCUT2D eigenvalue weighted by Crippen LogP contribution is 2.33. The molecule has 2 rings (SSSR count). The zero-order chi connectivity index (χ0) is 9.42. The Labute approximate surface area is 83.1 Å². The van der Waals surface area contributed by atoms with E-state index in [-0.39, 0.29) is 0 Å². The maximum absolute atomic E-state index is 6.19. The summed E-state index contributed by atoms with van der Waals surface area (Å²) < 4.78 is 0. The van der Waals surface area contributed by atoms with Gasteiger partial charge in [0.25, 0.3) is 0 Å². The quantitative estimate of drug-likeness (QED) is 0.677. The van der Waals surface area contributed by atoms with Crippen LogP contribution < -0.4 is 11.1 Å². The molecule has 1 aliphatic heterocycles. The molecule has 1 aromatic rings. The lowest BCUT2D eigenvalue weighted by atomic mass is 9.96. The van der Waals surface area contributed by atoms with Gasteiger partial charge in [-0.25, -0.2) is 0 Å². The fourth-order valence-corrected chi connectivity index (χ4v) is 1.85. The van der Waals surface area contributed by atoms with Crippen molar-refractivity contribution in [3.05, 3.63) is 28.3 Å². The van der Waals surface area contributed by atoms with Crippen LogP contribution in [0.1, 0.15) is 23.6 Å². The Bertz CT molecular complexity index is 332. The van der Waals surface area contributed by atoms with E-state index in [1.807, 2.05) is 19.1 Å². The van der Waals surface area contributed by atoms with Gasteiger partial charge in [-0.3, -0.25) is 0 Å². The summed E-state index contributed by atoms with van der Waals surface area (Å²) in [5.41, 5.74) is 8.69. The van der Waals surface area contributed by atoms with Crippen LogP contribution in [0.5, 0.6) is 0 Å². The number of anilines is 1. The predicted octanol–water partition coefficient (Wildman–Crippen LogP) is 2.27. The van der Waals surface area contributed by atoms with Crippen molar-refractivity contribution in [2.24, 2.45) is 0 Å². The van der Waals surface area contributed by atoms with Gasteiger partial charge in [-0.2, -0.15) is 0 Å². The van der Waals surface area contributed by atoms with Crippen LogP contribution in [0.4, 0.5) is 5.69 Å². The first-order chi connectivity index (χ1) is 6.20. The molecule has 3 heteroatoms. The van der Waals surface area contributed by atoms with E-state index in [9.17, 15) is 0 Å². The first-order valence-electron chi connectivity index (χ1n) is 4.48. The molecule has 0 aromatic heterocycles. The molecule has 1 aliphatic rings. The summed E-state index contributed by atoms with van der Waals surface area (Å²) >= 11 is 6.19. The number of benzene rings is 1. The largest absolute Gasteiger partial charge is 0.398 e. The molecule has 0 amide bonds. The summed E-state index contributed by atoms with van der Waals surface area (Å²) in [5, 5.41) is 4.14. The number of rotatable bonds is 1. The molecule has 0 unspecified atom stereocenters. The molecule has 0 bridgehead atoms. The van der Waals surface area contributed by atoms with Crippen molar-refractivity contribution in [2.45, 2.75) is 19.4 Å². The van der Waals surface area contributed by atoms with Crippen molar-refractivity contribution in [1.82, 2.24) is 5.32 Å². The highest BCUT2D eigenvalue weighted by atomic mass is 35.5. The van der Waals surface area contributed by atoms with E-state index in [2.05, 4.69) is 5.32 Å². The van der Waals surface area contributed by atoms with E-state index < -0.39 is 0 Å². The third-order valence-corrected chi connectivity index (χ3v) is 3.16. The van der Waals surface area contributed by atoms with Crippen LogP contribution in [0.3, 0.4) is 0 Å². The first kappa shape index (κ1) is 8.85. The molecule has 3 N–H and O–H groups in total. The molecule has 1 fully saturated rings. The highest BCUT2D eigenvalue weighted by Gasteiger charge is 2.21. The van der Waals surface area contributed by atoms with Crippen LogP contribution in [0, 0.1) is 6.92 Å². The number of halogens is 1. The van der Waals surface area contributed by atoms with Gasteiger partial charge in [-0.05, 0) is 37.1 Å². The zero-order valence-corrected chi connectivity index (χ0v) is 8.36. The van der Waals surface area contributed by atoms with Gasteiger partial charge >= 0.3 is 0 Å². The molecule has 70 valence electrons. The number of nitrogens with two attached hydrogens (primary N) is 1. The Hall–Kier alpha value is -0.730. The van der Waals surface area contributed by atoms with Crippen molar-refractivity contribution >= 4 is 17.3 Å². The minimum absolute atomic E-state index is 0.437. The van der Waals surface area contributed by atoms with E-state index in [1.165, 1.54) is 12.0 Å². The Balaban J connectivity index is 2.41. The Morgan fingerprint density at radius 2 is 2.23 bits per heavy atom. The first-order valence-corrected chi connectivity index (χ1v) is 4.86. The summed E-state index contributed by atoms with van der Waals surface area (Å²) in [6.07, 6.45) is 1.17. The monoisotopic (exact) mass is 196 g/mol. The molecule has 0 saturated carbocycles. The molecular formula is C10H13ClN2. The SMILES string of the molecule is Cc1c(N)ccc([C@H]2CCN2)c1Cl. The summed E-state index contributed by atoms with van der Waals surface area (Å²) in [5.74, 6) is 0. The third-order valence-electron chi connectivity index (χ3n) is 2.66. The van der Waals surface area contributed by atoms with Crippen LogP contribution in [0.2, 0.25) is 5.02 Å². The van der Waals surface area contributed by atoms with Crippen LogP contribution in [-0.2, 0) is 0 Å². The van der Waals surface area contributed by atoms with Gasteiger partial charge in [0.05, 0.1) is 5.02 Å². The summed E-state index contributed by atoms with van der Waals surface area (Å²) in [6.45, 7) is 3.05. The average Bonchev–Trinajstić information content (AvgIpc) is 2.03. The predicted molar refractivity (Wildman–Crippen MR) is 56.0 cm³/mol. The maximum atomic E-state index is 6.19. The second kappa shape index (κ2) is 3.20. The van der Waals surface area contributed by atoms with Gasteiger partial charge < -0.3 is 11.1 Å². The standard InChI is InChI=1S/C10H13ClN2/c1-6-8(12)3-2-7(10(6)11)9-4-5-13-9/h2-3,9,13H,4-5,12H2,1H3/t9-/m1/s1. The van der Waals surface area contributed by atoms with Gasteiger partial charge in [-0.1, -0.05) is 17.7 Å². The van der Waals surface area contributed by atoms with Crippen LogP contribution in [0.25, 0.3) is 0 Å². The van der Waals surface area contributed by atoms with Crippen molar-refractivity contribution in [3.8, 4) is 0 Å². The second-order valence-electron chi connectivity index (χ2n) is 3.48. The molecule has 0 spiro atoms. The topological polar surface area (TPSA) is 38.0 Å². The fraction of sp³-hybridized carbons (Fsp3) is 0.400. The molecule has 1 saturated heterocycles. The Morgan fingerprint density at radius 1 is 1.54 bits per heavy atom. The van der Waals surface area contributed by atoms with Gasteiger partial charge in [0, 0.05) is 11.7 Å². The summed E-state index contributed by atoms with van der Waals surface area (Å²) in [7, 11) is 0. The molecule has 1 aromatic carbocycles. The number of hydrogen-bond acceptors (Lipinski definition) is 2. The molecule has 0 radical (unpaired) electrons. The van der Waals surface area contributed by atoms with Gasteiger partial charge in [0.2, 0.25) is 0 Å². The Morgan fingerprint density at radius 3 is 2.77 bits per heavy atom. The van der Waals surface area contributed by atoms with Gasteiger partial charge in [0.15, 0.2) is 0 Å². The van der Waals surface area contributed by atoms with Crippen molar-refractivity contribution in [1.29, 1.82) is 0 Å². The fourth-order valence-electron chi connectivity index (χ4n) is 1.54. The van der Waals surface area contributed by atoms with E-state index in [0.717, 1.165) is 22.8 Å². The van der Waals surface area contributed by atoms with Crippen molar-refractivity contribution in [2.75, 3.05) is 12.3 Å². The zero-order valence-electron chi connectivity index (χ0n) is 7.60. The molecule has 1 heterocycles. The van der Waals surface area contributed by atoms with E-state index in [0.29, 0.717) is 6.04 Å². The van der Waals surface area contributed by atoms with Crippen molar-refractivity contribution in [3.63, 3.8) is 0 Å². The minimum atomic E-state index is 0.437. The van der Waals surface area contributed by atoms with Crippen molar-refractivity contribution < 1.29 is 0 Å². The third kappa shape index (κ3) is 1.40. The summed E-state index contributed by atoms with van der Waals surface area (Å²) in [4.78, 5) is 0. The van der Waals surface area contributed by atoms with Gasteiger partial charge in [-0.15, -0.1) is 0 Å². The lowest BCUT2D eigenvalue weighted by molar-refractivity contribution is 0.383. The number of hydrogen-bond donors (Lipinski definition) is 2. The van der Waals surface area contributed by atoms with Crippen LogP contribution in [0.15, 0.2) is 12.1 Å². The second-order valence-corrected chi connectivity index (χ2v) is 3.86. The average molecular weight is 197 g/mol. The van der Waals surface area contributed by atoms with E-state index in [4.69, 9.17) is 17.3 Å². The lowest BCUT2D eigenvalue weighted by Gasteiger charge is -2.29. The van der Waals surface area contributed by atoms with Crippen LogP contribution in [-0.4, -0.2) is 6.54 Å². The lowest BCUT2D eigenvalue weighted by Crippen LogP contribution is -2.35. The Kier molecular flexibility index (Phi) is 2.18. The van der Waals surface area contributed by atoms with Crippen LogP contribution >= 0.6 is 11.6 Å². The molecule has 0 aliphatic carbocycles. The molecule has 13 heavy (non-hydrogen) atoms.